The summed E-state index contributed by atoms with van der Waals surface area (Å²) in [5, 5.41) is 8.20. The Bertz CT molecular complexity index is 579. The van der Waals surface area contributed by atoms with Gasteiger partial charge in [0.2, 0.25) is 0 Å². The van der Waals surface area contributed by atoms with E-state index in [4.69, 9.17) is 4.74 Å². The predicted molar refractivity (Wildman–Crippen MR) is 70.4 cm³/mol. The van der Waals surface area contributed by atoms with E-state index in [1.54, 1.807) is 0 Å². The number of aryl methyl sites for hydroxylation is 1. The molecule has 0 aliphatic heterocycles. The van der Waals surface area contributed by atoms with Gasteiger partial charge in [0, 0.05) is 11.1 Å². The lowest BCUT2D eigenvalue weighted by atomic mass is 10.1. The van der Waals surface area contributed by atoms with Crippen molar-refractivity contribution in [2.24, 2.45) is 0 Å². The van der Waals surface area contributed by atoms with Crippen LogP contribution in [0.1, 0.15) is 32.0 Å². The fourth-order valence-electron chi connectivity index (χ4n) is 1.85. The highest BCUT2D eigenvalue weighted by atomic mass is 16.6. The van der Waals surface area contributed by atoms with E-state index >= 15 is 0 Å². The molecule has 2 aromatic rings. The van der Waals surface area contributed by atoms with Crippen molar-refractivity contribution in [2.75, 3.05) is 0 Å². The van der Waals surface area contributed by atoms with Crippen LogP contribution in [0.4, 0.5) is 0 Å². The van der Waals surface area contributed by atoms with Crippen LogP contribution in [0.5, 0.6) is 0 Å². The number of carbonyl (C=O) groups excluding carboxylic acids is 1. The Balaban J connectivity index is 2.15. The number of nitrogens with one attached hydrogen (secondary N) is 1. The molecule has 0 spiro atoms. The zero-order valence-corrected chi connectivity index (χ0v) is 11.2. The van der Waals surface area contributed by atoms with Crippen LogP contribution >= 0.6 is 0 Å². The molecule has 1 aromatic heterocycles. The van der Waals surface area contributed by atoms with Crippen LogP contribution < -0.4 is 0 Å². The molecule has 0 amide bonds. The van der Waals surface area contributed by atoms with E-state index in [1.165, 1.54) is 0 Å². The van der Waals surface area contributed by atoms with Crippen molar-refractivity contribution in [3.8, 4) is 0 Å². The van der Waals surface area contributed by atoms with E-state index in [1.807, 2.05) is 45.9 Å². The van der Waals surface area contributed by atoms with Gasteiger partial charge in [0.15, 0.2) is 0 Å². The van der Waals surface area contributed by atoms with E-state index in [9.17, 15) is 4.79 Å². The van der Waals surface area contributed by atoms with Crippen LogP contribution in [0.3, 0.4) is 0 Å². The van der Waals surface area contributed by atoms with E-state index in [0.717, 1.165) is 22.2 Å². The molecule has 0 aliphatic carbocycles. The summed E-state index contributed by atoms with van der Waals surface area (Å²) >= 11 is 0. The van der Waals surface area contributed by atoms with Crippen molar-refractivity contribution >= 4 is 16.9 Å². The van der Waals surface area contributed by atoms with Gasteiger partial charge >= 0.3 is 5.97 Å². The van der Waals surface area contributed by atoms with Crippen LogP contribution in [0.25, 0.3) is 10.9 Å². The lowest BCUT2D eigenvalue weighted by Crippen LogP contribution is -2.24. The Labute approximate surface area is 106 Å². The number of fused-ring (bicyclic) bond motifs is 1. The van der Waals surface area contributed by atoms with Gasteiger partial charge < -0.3 is 4.74 Å². The van der Waals surface area contributed by atoms with Gasteiger partial charge in [-0.05, 0) is 39.3 Å². The largest absolute Gasteiger partial charge is 0.460 e. The van der Waals surface area contributed by atoms with Gasteiger partial charge in [-0.25, -0.2) is 0 Å². The zero-order valence-electron chi connectivity index (χ0n) is 11.2. The maximum atomic E-state index is 11.7. The topological polar surface area (TPSA) is 55.0 Å². The van der Waals surface area contributed by atoms with Crippen molar-refractivity contribution in [1.29, 1.82) is 0 Å². The number of benzene rings is 1. The molecule has 0 radical (unpaired) electrons. The Hall–Kier alpha value is -1.84. The van der Waals surface area contributed by atoms with Crippen molar-refractivity contribution < 1.29 is 9.53 Å². The SMILES string of the molecule is Cc1[nH]nc2cc(CC(=O)OC(C)(C)C)ccc12. The zero-order chi connectivity index (χ0) is 13.3. The molecule has 1 aromatic carbocycles. The van der Waals surface area contributed by atoms with Crippen molar-refractivity contribution in [3.63, 3.8) is 0 Å². The number of H-pyrrole nitrogens is 1. The molecule has 0 fully saturated rings. The molecule has 0 unspecified atom stereocenters. The van der Waals surface area contributed by atoms with E-state index < -0.39 is 5.60 Å². The predicted octanol–water partition coefficient (Wildman–Crippen LogP) is 2.76. The molecule has 1 N–H and O–H groups in total. The molecule has 2 rings (SSSR count). The number of aromatic nitrogens is 2. The number of esters is 1. The van der Waals surface area contributed by atoms with Gasteiger partial charge in [-0.3, -0.25) is 9.89 Å². The van der Waals surface area contributed by atoms with Crippen LogP contribution in [-0.2, 0) is 16.0 Å². The number of aromatic amines is 1. The monoisotopic (exact) mass is 246 g/mol. The molecular formula is C14H18N2O2. The van der Waals surface area contributed by atoms with Gasteiger partial charge in [0.1, 0.15) is 5.60 Å². The van der Waals surface area contributed by atoms with E-state index in [0.29, 0.717) is 0 Å². The highest BCUT2D eigenvalue weighted by Gasteiger charge is 2.16. The summed E-state index contributed by atoms with van der Waals surface area (Å²) in [7, 11) is 0. The highest BCUT2D eigenvalue weighted by Crippen LogP contribution is 2.18. The standard InChI is InChI=1S/C14H18N2O2/c1-9-11-6-5-10(7-12(11)16-15-9)8-13(17)18-14(2,3)4/h5-7H,8H2,1-4H3,(H,15,16). The fourth-order valence-corrected chi connectivity index (χ4v) is 1.85. The minimum Gasteiger partial charge on any atom is -0.460 e. The molecule has 0 saturated carbocycles. The van der Waals surface area contributed by atoms with Gasteiger partial charge in [-0.2, -0.15) is 5.10 Å². The first-order valence-electron chi connectivity index (χ1n) is 6.00. The van der Waals surface area contributed by atoms with Crippen molar-refractivity contribution in [1.82, 2.24) is 10.2 Å². The molecule has 0 bridgehead atoms. The lowest BCUT2D eigenvalue weighted by Gasteiger charge is -2.19. The number of ether oxygens (including phenoxy) is 1. The summed E-state index contributed by atoms with van der Waals surface area (Å²) in [5.41, 5.74) is 2.40. The Morgan fingerprint density at radius 2 is 2.11 bits per heavy atom. The third-order valence-corrected chi connectivity index (χ3v) is 2.58. The molecule has 0 saturated heterocycles. The minimum atomic E-state index is -0.440. The summed E-state index contributed by atoms with van der Waals surface area (Å²) in [4.78, 5) is 11.7. The first-order chi connectivity index (χ1) is 8.35. The molecule has 4 nitrogen and oxygen atoms in total. The number of carbonyl (C=O) groups is 1. The van der Waals surface area contributed by atoms with Crippen LogP contribution in [0.15, 0.2) is 18.2 Å². The van der Waals surface area contributed by atoms with E-state index in [2.05, 4.69) is 10.2 Å². The average molecular weight is 246 g/mol. The maximum absolute atomic E-state index is 11.7. The fraction of sp³-hybridized carbons (Fsp3) is 0.429. The molecule has 1 heterocycles. The quantitative estimate of drug-likeness (QED) is 0.829. The summed E-state index contributed by atoms with van der Waals surface area (Å²) in [6.45, 7) is 7.57. The first kappa shape index (κ1) is 12.6. The normalized spacial score (nSPS) is 11.8. The van der Waals surface area contributed by atoms with Gasteiger partial charge in [0.25, 0.3) is 0 Å². The summed E-state index contributed by atoms with van der Waals surface area (Å²) in [5.74, 6) is -0.214. The number of nitrogens with zero attached hydrogens (tertiary/aromatic N) is 1. The summed E-state index contributed by atoms with van der Waals surface area (Å²) in [6, 6.07) is 5.84. The molecule has 0 aliphatic rings. The van der Waals surface area contributed by atoms with Crippen LogP contribution in [0, 0.1) is 6.92 Å². The lowest BCUT2D eigenvalue weighted by molar-refractivity contribution is -0.153. The summed E-state index contributed by atoms with van der Waals surface area (Å²) < 4.78 is 5.29. The Kier molecular flexibility index (Phi) is 3.11. The average Bonchev–Trinajstić information content (AvgIpc) is 2.57. The minimum absolute atomic E-state index is 0.214. The third kappa shape index (κ3) is 2.88. The van der Waals surface area contributed by atoms with Crippen molar-refractivity contribution in [3.05, 3.63) is 29.5 Å². The number of rotatable bonds is 2. The van der Waals surface area contributed by atoms with Gasteiger partial charge in [0.05, 0.1) is 11.9 Å². The smallest absolute Gasteiger partial charge is 0.310 e. The molecule has 0 atom stereocenters. The van der Waals surface area contributed by atoms with Gasteiger partial charge in [-0.1, -0.05) is 12.1 Å². The second-order valence-corrected chi connectivity index (χ2v) is 5.46. The molecule has 18 heavy (non-hydrogen) atoms. The first-order valence-corrected chi connectivity index (χ1v) is 6.00. The molecule has 96 valence electrons. The Morgan fingerprint density at radius 1 is 1.39 bits per heavy atom. The Morgan fingerprint density at radius 3 is 2.78 bits per heavy atom. The number of hydrogen-bond donors (Lipinski definition) is 1. The highest BCUT2D eigenvalue weighted by molar-refractivity contribution is 5.83. The molecular weight excluding hydrogens is 228 g/mol. The van der Waals surface area contributed by atoms with Crippen molar-refractivity contribution in [2.45, 2.75) is 39.7 Å². The second-order valence-electron chi connectivity index (χ2n) is 5.46. The second kappa shape index (κ2) is 4.44. The van der Waals surface area contributed by atoms with E-state index in [-0.39, 0.29) is 12.4 Å². The number of hydrogen-bond acceptors (Lipinski definition) is 3. The third-order valence-electron chi connectivity index (χ3n) is 2.58. The summed E-state index contributed by atoms with van der Waals surface area (Å²) in [6.07, 6.45) is 0.277. The maximum Gasteiger partial charge on any atom is 0.310 e. The molecule has 4 heteroatoms. The van der Waals surface area contributed by atoms with Gasteiger partial charge in [-0.15, -0.1) is 0 Å². The van der Waals surface area contributed by atoms with Crippen LogP contribution in [-0.4, -0.2) is 21.8 Å². The van der Waals surface area contributed by atoms with Crippen LogP contribution in [0.2, 0.25) is 0 Å².